The molecular weight excluding hydrogens is 246 g/mol. The monoisotopic (exact) mass is 265 g/mol. The van der Waals surface area contributed by atoms with Crippen molar-refractivity contribution in [3.05, 3.63) is 35.4 Å². The second-order valence-corrected chi connectivity index (χ2v) is 4.54. The molecule has 1 aromatic carbocycles. The molecular formula is C14H19NO4. The molecule has 1 fully saturated rings. The van der Waals surface area contributed by atoms with E-state index in [1.807, 2.05) is 24.3 Å². The molecule has 5 nitrogen and oxygen atoms in total. The number of nitrogens with one attached hydrogen (secondary N) is 1. The second-order valence-electron chi connectivity index (χ2n) is 4.54. The van der Waals surface area contributed by atoms with Crippen LogP contribution in [0.3, 0.4) is 0 Å². The van der Waals surface area contributed by atoms with Crippen LogP contribution in [-0.4, -0.2) is 43.5 Å². The van der Waals surface area contributed by atoms with Crippen molar-refractivity contribution >= 4 is 5.97 Å². The van der Waals surface area contributed by atoms with E-state index in [9.17, 15) is 4.79 Å². The lowest BCUT2D eigenvalue weighted by Crippen LogP contribution is -2.37. The van der Waals surface area contributed by atoms with Gasteiger partial charge >= 0.3 is 5.97 Å². The third kappa shape index (κ3) is 4.63. The van der Waals surface area contributed by atoms with Crippen molar-refractivity contribution < 1.29 is 19.4 Å². The van der Waals surface area contributed by atoms with Crippen LogP contribution in [0.5, 0.6) is 0 Å². The zero-order chi connectivity index (χ0) is 13.5. The first-order valence-corrected chi connectivity index (χ1v) is 6.44. The summed E-state index contributed by atoms with van der Waals surface area (Å²) in [4.78, 5) is 10.8. The zero-order valence-corrected chi connectivity index (χ0v) is 10.8. The zero-order valence-electron chi connectivity index (χ0n) is 10.8. The maximum atomic E-state index is 10.8. The van der Waals surface area contributed by atoms with Gasteiger partial charge in [-0.25, -0.2) is 0 Å². The Morgan fingerprint density at radius 3 is 2.79 bits per heavy atom. The highest BCUT2D eigenvalue weighted by Gasteiger charge is 2.13. The van der Waals surface area contributed by atoms with Crippen molar-refractivity contribution in [3.8, 4) is 0 Å². The maximum Gasteiger partial charge on any atom is 0.307 e. The van der Waals surface area contributed by atoms with E-state index in [0.29, 0.717) is 32.9 Å². The number of ether oxygens (including phenoxy) is 2. The molecule has 104 valence electrons. The van der Waals surface area contributed by atoms with Gasteiger partial charge in [-0.05, 0) is 11.1 Å². The summed E-state index contributed by atoms with van der Waals surface area (Å²) in [6, 6.07) is 7.58. The van der Waals surface area contributed by atoms with Gasteiger partial charge in [-0.1, -0.05) is 24.3 Å². The third-order valence-corrected chi connectivity index (χ3v) is 3.03. The van der Waals surface area contributed by atoms with Gasteiger partial charge in [0.25, 0.3) is 0 Å². The first kappa shape index (κ1) is 14.0. The van der Waals surface area contributed by atoms with Crippen molar-refractivity contribution in [2.45, 2.75) is 19.1 Å². The van der Waals surface area contributed by atoms with Crippen molar-refractivity contribution in [1.29, 1.82) is 0 Å². The van der Waals surface area contributed by atoms with Gasteiger partial charge in [-0.3, -0.25) is 4.79 Å². The minimum atomic E-state index is -0.809. The lowest BCUT2D eigenvalue weighted by molar-refractivity contribution is -0.136. The smallest absolute Gasteiger partial charge is 0.307 e. The van der Waals surface area contributed by atoms with Gasteiger partial charge in [0.05, 0.1) is 32.3 Å². The van der Waals surface area contributed by atoms with Gasteiger partial charge in [0.1, 0.15) is 0 Å². The summed E-state index contributed by atoms with van der Waals surface area (Å²) >= 11 is 0. The van der Waals surface area contributed by atoms with Crippen LogP contribution < -0.4 is 5.32 Å². The Hall–Kier alpha value is -1.43. The average Bonchev–Trinajstić information content (AvgIpc) is 2.41. The van der Waals surface area contributed by atoms with Gasteiger partial charge in [-0.2, -0.15) is 0 Å². The molecule has 2 N–H and O–H groups in total. The Kier molecular flexibility index (Phi) is 5.32. The quantitative estimate of drug-likeness (QED) is 0.797. The van der Waals surface area contributed by atoms with E-state index in [-0.39, 0.29) is 12.5 Å². The molecule has 5 heteroatoms. The number of aliphatic carboxylic acids is 1. The second kappa shape index (κ2) is 7.23. The summed E-state index contributed by atoms with van der Waals surface area (Å²) in [7, 11) is 0. The van der Waals surface area contributed by atoms with Crippen LogP contribution in [0.2, 0.25) is 0 Å². The number of carbonyl (C=O) groups is 1. The first-order valence-electron chi connectivity index (χ1n) is 6.44. The van der Waals surface area contributed by atoms with E-state index in [2.05, 4.69) is 5.32 Å². The Labute approximate surface area is 112 Å². The molecule has 0 spiro atoms. The van der Waals surface area contributed by atoms with E-state index in [0.717, 1.165) is 11.1 Å². The molecule has 0 amide bonds. The molecule has 1 aromatic rings. The molecule has 0 saturated carbocycles. The fourth-order valence-corrected chi connectivity index (χ4v) is 2.09. The number of carboxylic acid groups (broad SMARTS) is 1. The topological polar surface area (TPSA) is 67.8 Å². The van der Waals surface area contributed by atoms with E-state index in [1.54, 1.807) is 0 Å². The summed E-state index contributed by atoms with van der Waals surface area (Å²) in [5.41, 5.74) is 1.87. The summed E-state index contributed by atoms with van der Waals surface area (Å²) in [6.07, 6.45) is 0.140. The molecule has 1 unspecified atom stereocenters. The minimum absolute atomic E-state index is 0.0564. The number of hydrogen-bond donors (Lipinski definition) is 2. The van der Waals surface area contributed by atoms with E-state index < -0.39 is 5.97 Å². The van der Waals surface area contributed by atoms with Crippen LogP contribution in [0, 0.1) is 0 Å². The molecule has 1 atom stereocenters. The molecule has 0 bridgehead atoms. The molecule has 0 radical (unpaired) electrons. The van der Waals surface area contributed by atoms with E-state index in [4.69, 9.17) is 14.6 Å². The molecule has 19 heavy (non-hydrogen) atoms. The molecule has 1 aliphatic heterocycles. The average molecular weight is 265 g/mol. The largest absolute Gasteiger partial charge is 0.481 e. The molecule has 2 rings (SSSR count). The highest BCUT2D eigenvalue weighted by Crippen LogP contribution is 2.09. The molecule has 0 aliphatic carbocycles. The van der Waals surface area contributed by atoms with Crippen LogP contribution in [0.25, 0.3) is 0 Å². The van der Waals surface area contributed by atoms with Gasteiger partial charge in [0.15, 0.2) is 0 Å². The summed E-state index contributed by atoms with van der Waals surface area (Å²) in [5, 5.41) is 12.2. The van der Waals surface area contributed by atoms with Crippen LogP contribution >= 0.6 is 0 Å². The van der Waals surface area contributed by atoms with E-state index >= 15 is 0 Å². The highest BCUT2D eigenvalue weighted by atomic mass is 16.6. The Bertz CT molecular complexity index is 416. The first-order chi connectivity index (χ1) is 9.25. The predicted molar refractivity (Wildman–Crippen MR) is 70.0 cm³/mol. The molecule has 0 aromatic heterocycles. The van der Waals surface area contributed by atoms with Gasteiger partial charge in [0, 0.05) is 13.1 Å². The highest BCUT2D eigenvalue weighted by molar-refractivity contribution is 5.70. The van der Waals surface area contributed by atoms with E-state index in [1.165, 1.54) is 0 Å². The fourth-order valence-electron chi connectivity index (χ4n) is 2.09. The maximum absolute atomic E-state index is 10.8. The molecule has 1 saturated heterocycles. The summed E-state index contributed by atoms with van der Waals surface area (Å²) in [5.74, 6) is -0.809. The van der Waals surface area contributed by atoms with Crippen molar-refractivity contribution in [2.24, 2.45) is 0 Å². The van der Waals surface area contributed by atoms with Crippen LogP contribution in [0.15, 0.2) is 24.3 Å². The lowest BCUT2D eigenvalue weighted by atomic mass is 10.0. The molecule has 1 aliphatic rings. The van der Waals surface area contributed by atoms with Gasteiger partial charge in [-0.15, -0.1) is 0 Å². The predicted octanol–water partition coefficient (Wildman–Crippen LogP) is 0.819. The number of rotatable bonds is 6. The number of benzene rings is 1. The molecule has 1 heterocycles. The Balaban J connectivity index is 1.83. The van der Waals surface area contributed by atoms with Crippen molar-refractivity contribution in [1.82, 2.24) is 5.32 Å². The lowest BCUT2D eigenvalue weighted by Gasteiger charge is -2.23. The van der Waals surface area contributed by atoms with Gasteiger partial charge in [0.2, 0.25) is 0 Å². The third-order valence-electron chi connectivity index (χ3n) is 3.03. The van der Waals surface area contributed by atoms with Crippen molar-refractivity contribution in [2.75, 3.05) is 26.4 Å². The number of carboxylic acids is 1. The van der Waals surface area contributed by atoms with Crippen LogP contribution in [0.4, 0.5) is 0 Å². The normalized spacial score (nSPS) is 19.3. The SMILES string of the molecule is O=C(O)Cc1ccccc1CNCC1COCCO1. The minimum Gasteiger partial charge on any atom is -0.481 e. The Morgan fingerprint density at radius 1 is 1.32 bits per heavy atom. The Morgan fingerprint density at radius 2 is 2.11 bits per heavy atom. The van der Waals surface area contributed by atoms with Gasteiger partial charge < -0.3 is 19.9 Å². The summed E-state index contributed by atoms with van der Waals surface area (Å²) in [6.45, 7) is 3.27. The van der Waals surface area contributed by atoms with Crippen LogP contribution in [-0.2, 0) is 27.2 Å². The summed E-state index contributed by atoms with van der Waals surface area (Å²) < 4.78 is 10.8. The van der Waals surface area contributed by atoms with Crippen LogP contribution in [0.1, 0.15) is 11.1 Å². The number of hydrogen-bond acceptors (Lipinski definition) is 4. The standard InChI is InChI=1S/C14H19NO4/c16-14(17)7-11-3-1-2-4-12(11)8-15-9-13-10-18-5-6-19-13/h1-4,13,15H,5-10H2,(H,16,17). The fraction of sp³-hybridized carbons (Fsp3) is 0.500. The van der Waals surface area contributed by atoms with Crippen molar-refractivity contribution in [3.63, 3.8) is 0 Å².